The summed E-state index contributed by atoms with van der Waals surface area (Å²) in [6.07, 6.45) is 2.26. The molecule has 142 valence electrons. The van der Waals surface area contributed by atoms with Crippen LogP contribution in [0, 0.1) is 0 Å². The fourth-order valence-corrected chi connectivity index (χ4v) is 3.94. The molecule has 0 saturated carbocycles. The molecular weight excluding hydrogens is 326 g/mol. The monoisotopic (exact) mass is 355 g/mol. The Bertz CT molecular complexity index is 552. The van der Waals surface area contributed by atoms with Crippen molar-refractivity contribution in [3.8, 4) is 0 Å². The minimum Gasteiger partial charge on any atom is -0.396 e. The molecule has 0 aromatic rings. The molecule has 0 aromatic heterocycles. The van der Waals surface area contributed by atoms with Crippen molar-refractivity contribution < 1.29 is 25.2 Å². The lowest BCUT2D eigenvalue weighted by Crippen LogP contribution is -2.67. The fraction of sp³-hybridized carbons (Fsp3) is 0.765. The van der Waals surface area contributed by atoms with E-state index in [1.54, 1.807) is 0 Å². The van der Waals surface area contributed by atoms with E-state index in [4.69, 9.17) is 4.74 Å². The third kappa shape index (κ3) is 3.18. The van der Waals surface area contributed by atoms with Crippen LogP contribution in [0.4, 0.5) is 0 Å². The van der Waals surface area contributed by atoms with Crippen LogP contribution in [0.1, 0.15) is 33.1 Å². The maximum atomic E-state index is 10.6. The topological polar surface area (TPSA) is 117 Å². The van der Waals surface area contributed by atoms with Gasteiger partial charge in [-0.15, -0.1) is 0 Å². The van der Waals surface area contributed by atoms with E-state index >= 15 is 0 Å². The van der Waals surface area contributed by atoms with E-state index in [9.17, 15) is 20.4 Å². The molecule has 0 spiro atoms. The average Bonchev–Trinajstić information content (AvgIpc) is 3.02. The second kappa shape index (κ2) is 7.22. The van der Waals surface area contributed by atoms with E-state index in [0.717, 1.165) is 24.2 Å². The minimum absolute atomic E-state index is 0.0709. The highest BCUT2D eigenvalue weighted by molar-refractivity contribution is 5.39. The summed E-state index contributed by atoms with van der Waals surface area (Å²) in [7, 11) is 0. The normalized spacial score (nSPS) is 37.8. The van der Waals surface area contributed by atoms with E-state index in [1.165, 1.54) is 0 Å². The summed E-state index contributed by atoms with van der Waals surface area (Å²) in [5.41, 5.74) is 1.80. The van der Waals surface area contributed by atoms with E-state index in [1.807, 2.05) is 18.7 Å². The van der Waals surface area contributed by atoms with Crippen molar-refractivity contribution in [3.05, 3.63) is 23.5 Å². The van der Waals surface area contributed by atoms with Crippen LogP contribution in [0.15, 0.2) is 23.5 Å². The van der Waals surface area contributed by atoms with Crippen LogP contribution < -0.4 is 10.6 Å². The minimum atomic E-state index is -1.17. The molecule has 1 aliphatic carbocycles. The standard InChI is InChI=1S/C17H29N3O5/c1-10(2)18-17(7-8-21)19-11-5-3-4-6-12(11)20(17)16-15(24)14(23)13(9-22)25-16/h5-6,10,13-16,18-19,21-24H,3-4,7-9H2,1-2H3/t13-,14-,15-,16-,17?/m0/s1. The van der Waals surface area contributed by atoms with Crippen molar-refractivity contribution in [2.75, 3.05) is 13.2 Å². The molecule has 0 bridgehead atoms. The Labute approximate surface area is 147 Å². The molecule has 0 radical (unpaired) electrons. The van der Waals surface area contributed by atoms with Gasteiger partial charge in [-0.05, 0) is 26.7 Å². The third-order valence-corrected chi connectivity index (χ3v) is 4.91. The van der Waals surface area contributed by atoms with Crippen molar-refractivity contribution >= 4 is 0 Å². The number of ether oxygens (including phenoxy) is 1. The van der Waals surface area contributed by atoms with Gasteiger partial charge in [-0.1, -0.05) is 12.2 Å². The number of hydrogen-bond donors (Lipinski definition) is 6. The van der Waals surface area contributed by atoms with E-state index < -0.39 is 30.3 Å². The Kier molecular flexibility index (Phi) is 5.38. The van der Waals surface area contributed by atoms with E-state index in [2.05, 4.69) is 22.8 Å². The number of fused-ring (bicyclic) bond motifs is 1. The van der Waals surface area contributed by atoms with Gasteiger partial charge in [0.15, 0.2) is 12.0 Å². The van der Waals surface area contributed by atoms with Gasteiger partial charge in [0.1, 0.15) is 18.3 Å². The second-order valence-electron chi connectivity index (χ2n) is 7.14. The Hall–Kier alpha value is -1.16. The number of rotatable bonds is 6. The van der Waals surface area contributed by atoms with Crippen LogP contribution in [0.25, 0.3) is 0 Å². The number of nitrogens with zero attached hydrogens (tertiary/aromatic N) is 1. The molecule has 2 aliphatic heterocycles. The van der Waals surface area contributed by atoms with Gasteiger partial charge in [-0.2, -0.15) is 0 Å². The molecule has 1 unspecified atom stereocenters. The quantitative estimate of drug-likeness (QED) is 0.357. The van der Waals surface area contributed by atoms with Crippen molar-refractivity contribution in [1.82, 2.24) is 15.5 Å². The zero-order valence-electron chi connectivity index (χ0n) is 14.7. The molecule has 3 rings (SSSR count). The Balaban J connectivity index is 2.01. The Morgan fingerprint density at radius 2 is 2.00 bits per heavy atom. The van der Waals surface area contributed by atoms with Gasteiger partial charge >= 0.3 is 0 Å². The van der Waals surface area contributed by atoms with Gasteiger partial charge in [0.2, 0.25) is 0 Å². The number of allylic oxidation sites excluding steroid dienone is 2. The van der Waals surface area contributed by atoms with Gasteiger partial charge in [-0.3, -0.25) is 5.32 Å². The maximum absolute atomic E-state index is 10.6. The number of nitrogens with one attached hydrogen (secondary N) is 2. The van der Waals surface area contributed by atoms with Gasteiger partial charge in [-0.25, -0.2) is 0 Å². The molecule has 8 nitrogen and oxygen atoms in total. The van der Waals surface area contributed by atoms with Gasteiger partial charge in [0.05, 0.1) is 18.0 Å². The molecule has 25 heavy (non-hydrogen) atoms. The summed E-state index contributed by atoms with van der Waals surface area (Å²) < 4.78 is 5.80. The highest BCUT2D eigenvalue weighted by atomic mass is 16.6. The molecule has 8 heteroatoms. The zero-order valence-corrected chi connectivity index (χ0v) is 14.7. The fourth-order valence-electron chi connectivity index (χ4n) is 3.94. The Morgan fingerprint density at radius 3 is 2.60 bits per heavy atom. The SMILES string of the molecule is CC(C)NC1(CCO)NC2=CCCC=C2N1[C@H]1O[C@@H](CO)[C@H](O)[C@@H]1O. The first kappa shape index (κ1) is 18.6. The van der Waals surface area contributed by atoms with Crippen LogP contribution >= 0.6 is 0 Å². The highest BCUT2D eigenvalue weighted by Crippen LogP contribution is 2.41. The summed E-state index contributed by atoms with van der Waals surface area (Å²) >= 11 is 0. The summed E-state index contributed by atoms with van der Waals surface area (Å²) in [5, 5.41) is 46.7. The lowest BCUT2D eigenvalue weighted by Gasteiger charge is -2.44. The zero-order chi connectivity index (χ0) is 18.2. The predicted molar refractivity (Wildman–Crippen MR) is 90.8 cm³/mol. The van der Waals surface area contributed by atoms with Crippen LogP contribution in [0.2, 0.25) is 0 Å². The van der Waals surface area contributed by atoms with Gasteiger partial charge in [0, 0.05) is 19.1 Å². The molecular formula is C17H29N3O5. The van der Waals surface area contributed by atoms with Crippen LogP contribution in [0.3, 0.4) is 0 Å². The van der Waals surface area contributed by atoms with Crippen LogP contribution in [-0.4, -0.2) is 74.9 Å². The van der Waals surface area contributed by atoms with Crippen molar-refractivity contribution in [2.45, 2.75) is 69.5 Å². The largest absolute Gasteiger partial charge is 0.396 e. The maximum Gasteiger partial charge on any atom is 0.171 e. The molecule has 2 fully saturated rings. The lowest BCUT2D eigenvalue weighted by atomic mass is 10.1. The molecule has 5 atom stereocenters. The van der Waals surface area contributed by atoms with E-state index in [0.29, 0.717) is 6.42 Å². The van der Waals surface area contributed by atoms with Crippen molar-refractivity contribution in [2.24, 2.45) is 0 Å². The lowest BCUT2D eigenvalue weighted by molar-refractivity contribution is -0.129. The van der Waals surface area contributed by atoms with Gasteiger partial charge in [0.25, 0.3) is 0 Å². The molecule has 2 saturated heterocycles. The van der Waals surface area contributed by atoms with E-state index in [-0.39, 0.29) is 19.3 Å². The molecule has 0 aromatic carbocycles. The molecule has 3 aliphatic rings. The average molecular weight is 355 g/mol. The smallest absolute Gasteiger partial charge is 0.171 e. The third-order valence-electron chi connectivity index (χ3n) is 4.91. The Morgan fingerprint density at radius 1 is 1.28 bits per heavy atom. The first-order valence-corrected chi connectivity index (χ1v) is 8.92. The van der Waals surface area contributed by atoms with Crippen molar-refractivity contribution in [3.63, 3.8) is 0 Å². The molecule has 6 N–H and O–H groups in total. The van der Waals surface area contributed by atoms with Crippen LogP contribution in [0.5, 0.6) is 0 Å². The molecule has 2 heterocycles. The summed E-state index contributed by atoms with van der Waals surface area (Å²) in [5.74, 6) is -0.847. The summed E-state index contributed by atoms with van der Waals surface area (Å²) in [6, 6.07) is 0.0972. The second-order valence-corrected chi connectivity index (χ2v) is 7.14. The van der Waals surface area contributed by atoms with Gasteiger partial charge < -0.3 is 35.4 Å². The summed E-state index contributed by atoms with van der Waals surface area (Å²) in [4.78, 5) is 1.87. The van der Waals surface area contributed by atoms with Crippen molar-refractivity contribution in [1.29, 1.82) is 0 Å². The number of aliphatic hydroxyl groups excluding tert-OH is 4. The summed E-state index contributed by atoms with van der Waals surface area (Å²) in [6.45, 7) is 3.56. The number of aliphatic hydroxyl groups is 4. The molecule has 0 amide bonds. The highest BCUT2D eigenvalue weighted by Gasteiger charge is 2.55. The predicted octanol–water partition coefficient (Wildman–Crippen LogP) is -1.07. The first-order valence-electron chi connectivity index (χ1n) is 8.92. The van der Waals surface area contributed by atoms with Crippen LogP contribution in [-0.2, 0) is 4.74 Å². The first-order chi connectivity index (χ1) is 11.9. The number of hydrogen-bond acceptors (Lipinski definition) is 8.